The maximum absolute atomic E-state index is 11.5. The third-order valence-electron chi connectivity index (χ3n) is 2.17. The smallest absolute Gasteiger partial charge is 0.237 e. The normalized spacial score (nSPS) is 23.2. The highest BCUT2D eigenvalue weighted by Crippen LogP contribution is 2.11. The third-order valence-corrected chi connectivity index (χ3v) is 2.17. The lowest BCUT2D eigenvalue weighted by Crippen LogP contribution is -2.43. The minimum absolute atomic E-state index is 0.0577. The Morgan fingerprint density at radius 1 is 1.54 bits per heavy atom. The van der Waals surface area contributed by atoms with Gasteiger partial charge >= 0.3 is 0 Å². The van der Waals surface area contributed by atoms with Gasteiger partial charge in [-0.1, -0.05) is 20.8 Å². The van der Waals surface area contributed by atoms with E-state index in [1.165, 1.54) is 0 Å². The van der Waals surface area contributed by atoms with E-state index in [2.05, 4.69) is 31.4 Å². The molecule has 1 saturated heterocycles. The predicted octanol–water partition coefficient (Wildman–Crippen LogP) is 0.901. The summed E-state index contributed by atoms with van der Waals surface area (Å²) in [6.07, 6.45) is 2.10. The molecular weight excluding hydrogens is 164 g/mol. The number of hydrogen-bond donors (Lipinski definition) is 2. The summed E-state index contributed by atoms with van der Waals surface area (Å²) in [7, 11) is 0. The fourth-order valence-corrected chi connectivity index (χ4v) is 1.38. The molecule has 1 unspecified atom stereocenters. The van der Waals surface area contributed by atoms with E-state index in [4.69, 9.17) is 0 Å². The summed E-state index contributed by atoms with van der Waals surface area (Å²) < 4.78 is 0. The van der Waals surface area contributed by atoms with Gasteiger partial charge in [0, 0.05) is 6.54 Å². The highest BCUT2D eigenvalue weighted by Gasteiger charge is 2.22. The zero-order chi connectivity index (χ0) is 9.90. The van der Waals surface area contributed by atoms with Crippen molar-refractivity contribution < 1.29 is 4.79 Å². The van der Waals surface area contributed by atoms with Crippen molar-refractivity contribution in [2.75, 3.05) is 13.1 Å². The summed E-state index contributed by atoms with van der Waals surface area (Å²) in [5.41, 5.74) is 0.175. The molecule has 1 aliphatic heterocycles. The molecule has 3 heteroatoms. The molecule has 1 atom stereocenters. The number of carbonyl (C=O) groups is 1. The van der Waals surface area contributed by atoms with Gasteiger partial charge in [0.25, 0.3) is 0 Å². The number of hydrogen-bond acceptors (Lipinski definition) is 2. The highest BCUT2D eigenvalue weighted by atomic mass is 16.2. The molecule has 1 fully saturated rings. The molecule has 0 aromatic heterocycles. The standard InChI is InChI=1S/C10H20N2O/c1-10(2,3)7-12-9(13)8-5-4-6-11-8/h8,11H,4-7H2,1-3H3,(H,12,13). The number of rotatable bonds is 2. The van der Waals surface area contributed by atoms with E-state index in [9.17, 15) is 4.79 Å². The lowest BCUT2D eigenvalue weighted by molar-refractivity contribution is -0.123. The predicted molar refractivity (Wildman–Crippen MR) is 53.5 cm³/mol. The second kappa shape index (κ2) is 4.09. The average Bonchev–Trinajstić information content (AvgIpc) is 2.50. The Labute approximate surface area is 80.3 Å². The van der Waals surface area contributed by atoms with E-state index in [0.29, 0.717) is 0 Å². The molecule has 1 heterocycles. The maximum Gasteiger partial charge on any atom is 0.237 e. The molecule has 0 saturated carbocycles. The van der Waals surface area contributed by atoms with Crippen LogP contribution in [-0.4, -0.2) is 25.0 Å². The Morgan fingerprint density at radius 2 is 2.23 bits per heavy atom. The highest BCUT2D eigenvalue weighted by molar-refractivity contribution is 5.82. The van der Waals surface area contributed by atoms with Gasteiger partial charge in [0.15, 0.2) is 0 Å². The zero-order valence-electron chi connectivity index (χ0n) is 8.81. The minimum Gasteiger partial charge on any atom is -0.354 e. The van der Waals surface area contributed by atoms with E-state index in [1.807, 2.05) is 0 Å². The fourth-order valence-electron chi connectivity index (χ4n) is 1.38. The quantitative estimate of drug-likeness (QED) is 0.669. The number of nitrogens with one attached hydrogen (secondary N) is 2. The Hall–Kier alpha value is -0.570. The first-order chi connectivity index (χ1) is 5.99. The van der Waals surface area contributed by atoms with Gasteiger partial charge < -0.3 is 10.6 Å². The van der Waals surface area contributed by atoms with Crippen molar-refractivity contribution in [3.8, 4) is 0 Å². The summed E-state index contributed by atoms with van der Waals surface area (Å²) >= 11 is 0. The summed E-state index contributed by atoms with van der Waals surface area (Å²) in [5, 5.41) is 6.14. The third kappa shape index (κ3) is 3.77. The van der Waals surface area contributed by atoms with Crippen molar-refractivity contribution in [1.82, 2.24) is 10.6 Å². The van der Waals surface area contributed by atoms with Gasteiger partial charge in [-0.05, 0) is 24.8 Å². The van der Waals surface area contributed by atoms with Gasteiger partial charge in [-0.15, -0.1) is 0 Å². The molecule has 1 rings (SSSR count). The van der Waals surface area contributed by atoms with Crippen LogP contribution in [0.25, 0.3) is 0 Å². The Bertz CT molecular complexity index is 178. The molecule has 0 spiro atoms. The van der Waals surface area contributed by atoms with Crippen LogP contribution in [0.4, 0.5) is 0 Å². The molecule has 0 bridgehead atoms. The second-order valence-corrected chi connectivity index (χ2v) is 4.93. The SMILES string of the molecule is CC(C)(C)CNC(=O)C1CCCN1. The molecule has 2 N–H and O–H groups in total. The molecule has 3 nitrogen and oxygen atoms in total. The van der Waals surface area contributed by atoms with Crippen LogP contribution < -0.4 is 10.6 Å². The fraction of sp³-hybridized carbons (Fsp3) is 0.900. The largest absolute Gasteiger partial charge is 0.354 e. The Balaban J connectivity index is 2.25. The number of carbonyl (C=O) groups excluding carboxylic acids is 1. The molecule has 76 valence electrons. The summed E-state index contributed by atoms with van der Waals surface area (Å²) in [4.78, 5) is 11.5. The van der Waals surface area contributed by atoms with Gasteiger partial charge in [-0.3, -0.25) is 4.79 Å². The van der Waals surface area contributed by atoms with E-state index >= 15 is 0 Å². The average molecular weight is 184 g/mol. The molecule has 0 aromatic rings. The maximum atomic E-state index is 11.5. The summed E-state index contributed by atoms with van der Waals surface area (Å²) in [6, 6.07) is 0.0577. The molecule has 0 radical (unpaired) electrons. The van der Waals surface area contributed by atoms with Crippen LogP contribution in [0.5, 0.6) is 0 Å². The van der Waals surface area contributed by atoms with Crippen molar-refractivity contribution in [2.24, 2.45) is 5.41 Å². The molecule has 1 aliphatic rings. The van der Waals surface area contributed by atoms with Crippen molar-refractivity contribution in [3.05, 3.63) is 0 Å². The van der Waals surface area contributed by atoms with E-state index in [0.717, 1.165) is 25.9 Å². The molecule has 0 aliphatic carbocycles. The summed E-state index contributed by atoms with van der Waals surface area (Å²) in [5.74, 6) is 0.160. The molecule has 0 aromatic carbocycles. The lowest BCUT2D eigenvalue weighted by Gasteiger charge is -2.20. The Morgan fingerprint density at radius 3 is 2.69 bits per heavy atom. The van der Waals surface area contributed by atoms with Crippen molar-refractivity contribution in [2.45, 2.75) is 39.7 Å². The first kappa shape index (κ1) is 10.5. The lowest BCUT2D eigenvalue weighted by atomic mass is 9.97. The van der Waals surface area contributed by atoms with Gasteiger partial charge in [0.2, 0.25) is 5.91 Å². The molecular formula is C10H20N2O. The van der Waals surface area contributed by atoms with Gasteiger partial charge in [0.1, 0.15) is 0 Å². The van der Waals surface area contributed by atoms with Crippen molar-refractivity contribution in [3.63, 3.8) is 0 Å². The minimum atomic E-state index is 0.0577. The van der Waals surface area contributed by atoms with Crippen LogP contribution in [-0.2, 0) is 4.79 Å². The topological polar surface area (TPSA) is 41.1 Å². The van der Waals surface area contributed by atoms with E-state index in [-0.39, 0.29) is 17.4 Å². The van der Waals surface area contributed by atoms with Crippen molar-refractivity contribution in [1.29, 1.82) is 0 Å². The monoisotopic (exact) mass is 184 g/mol. The Kier molecular flexibility index (Phi) is 3.31. The van der Waals surface area contributed by atoms with Crippen LogP contribution in [0.15, 0.2) is 0 Å². The van der Waals surface area contributed by atoms with Crippen LogP contribution in [0.2, 0.25) is 0 Å². The number of amides is 1. The first-order valence-corrected chi connectivity index (χ1v) is 5.00. The molecule has 1 amide bonds. The summed E-state index contributed by atoms with van der Waals surface area (Å²) in [6.45, 7) is 8.09. The van der Waals surface area contributed by atoms with Crippen LogP contribution in [0, 0.1) is 5.41 Å². The van der Waals surface area contributed by atoms with Crippen LogP contribution in [0.1, 0.15) is 33.6 Å². The molecule has 13 heavy (non-hydrogen) atoms. The first-order valence-electron chi connectivity index (χ1n) is 5.00. The van der Waals surface area contributed by atoms with Gasteiger partial charge in [-0.25, -0.2) is 0 Å². The van der Waals surface area contributed by atoms with Gasteiger partial charge in [0.05, 0.1) is 6.04 Å². The van der Waals surface area contributed by atoms with Crippen LogP contribution >= 0.6 is 0 Å². The second-order valence-electron chi connectivity index (χ2n) is 4.93. The van der Waals surface area contributed by atoms with E-state index < -0.39 is 0 Å². The van der Waals surface area contributed by atoms with Crippen LogP contribution in [0.3, 0.4) is 0 Å². The zero-order valence-corrected chi connectivity index (χ0v) is 8.81. The van der Waals surface area contributed by atoms with E-state index in [1.54, 1.807) is 0 Å². The van der Waals surface area contributed by atoms with Crippen molar-refractivity contribution >= 4 is 5.91 Å². The van der Waals surface area contributed by atoms with Gasteiger partial charge in [-0.2, -0.15) is 0 Å².